The lowest BCUT2D eigenvalue weighted by Gasteiger charge is -2.34. The second kappa shape index (κ2) is 8.86. The Morgan fingerprint density at radius 3 is 2.46 bits per heavy atom. The van der Waals surface area contributed by atoms with Crippen molar-refractivity contribution in [2.24, 2.45) is 11.7 Å². The summed E-state index contributed by atoms with van der Waals surface area (Å²) in [6.45, 7) is 9.05. The first-order valence-electron chi connectivity index (χ1n) is 8.38. The Kier molecular flexibility index (Phi) is 7.47. The minimum atomic E-state index is -0.546. The van der Waals surface area contributed by atoms with E-state index in [1.807, 2.05) is 4.90 Å². The van der Waals surface area contributed by atoms with Crippen molar-refractivity contribution in [2.75, 3.05) is 26.2 Å². The average molecular weight is 342 g/mol. The molecule has 0 saturated carbocycles. The van der Waals surface area contributed by atoms with Crippen LogP contribution >= 0.6 is 0 Å². The topological polar surface area (TPSA) is 114 Å². The normalized spacial score (nSPS) is 20.1. The zero-order chi connectivity index (χ0) is 18.3. The SMILES string of the molecule is C[C@H](C(N)=O)N1CCC[C@@H](C(=O)NCCNC(=O)OC(C)(C)C)C1. The number of ether oxygens (including phenoxy) is 1. The molecule has 0 radical (unpaired) electrons. The first-order valence-corrected chi connectivity index (χ1v) is 8.38. The number of amides is 3. The molecule has 0 aliphatic carbocycles. The second-order valence-corrected chi connectivity index (χ2v) is 7.13. The fourth-order valence-electron chi connectivity index (χ4n) is 2.56. The predicted octanol–water partition coefficient (Wildman–Crippen LogP) is 0.213. The van der Waals surface area contributed by atoms with Crippen LogP contribution in [0.25, 0.3) is 0 Å². The third-order valence-corrected chi connectivity index (χ3v) is 3.88. The number of hydrogen-bond acceptors (Lipinski definition) is 5. The minimum Gasteiger partial charge on any atom is -0.444 e. The molecule has 4 N–H and O–H groups in total. The van der Waals surface area contributed by atoms with Crippen LogP contribution < -0.4 is 16.4 Å². The van der Waals surface area contributed by atoms with Crippen molar-refractivity contribution in [3.8, 4) is 0 Å². The molecule has 8 heteroatoms. The van der Waals surface area contributed by atoms with E-state index >= 15 is 0 Å². The summed E-state index contributed by atoms with van der Waals surface area (Å²) in [5.41, 5.74) is 4.78. The zero-order valence-electron chi connectivity index (χ0n) is 15.1. The molecule has 0 unspecified atom stereocenters. The largest absolute Gasteiger partial charge is 0.444 e. The molecule has 0 aromatic rings. The molecule has 8 nitrogen and oxygen atoms in total. The van der Waals surface area contributed by atoms with Gasteiger partial charge in [-0.2, -0.15) is 0 Å². The van der Waals surface area contributed by atoms with Crippen molar-refractivity contribution in [2.45, 2.75) is 52.2 Å². The van der Waals surface area contributed by atoms with Crippen molar-refractivity contribution in [3.63, 3.8) is 0 Å². The summed E-state index contributed by atoms with van der Waals surface area (Å²) in [5, 5.41) is 5.40. The molecular weight excluding hydrogens is 312 g/mol. The molecule has 1 aliphatic rings. The van der Waals surface area contributed by atoms with Crippen LogP contribution in [0.4, 0.5) is 4.79 Å². The van der Waals surface area contributed by atoms with Gasteiger partial charge in [-0.3, -0.25) is 14.5 Å². The molecule has 1 saturated heterocycles. The molecule has 24 heavy (non-hydrogen) atoms. The van der Waals surface area contributed by atoms with E-state index in [2.05, 4.69) is 10.6 Å². The van der Waals surface area contributed by atoms with E-state index < -0.39 is 11.7 Å². The predicted molar refractivity (Wildman–Crippen MR) is 90.2 cm³/mol. The van der Waals surface area contributed by atoms with Crippen LogP contribution in [-0.4, -0.2) is 60.6 Å². The quantitative estimate of drug-likeness (QED) is 0.597. The highest BCUT2D eigenvalue weighted by atomic mass is 16.6. The number of carbonyl (C=O) groups excluding carboxylic acids is 3. The van der Waals surface area contributed by atoms with Gasteiger partial charge in [0.2, 0.25) is 11.8 Å². The highest BCUT2D eigenvalue weighted by Gasteiger charge is 2.29. The number of nitrogens with zero attached hydrogens (tertiary/aromatic N) is 1. The highest BCUT2D eigenvalue weighted by molar-refractivity contribution is 5.80. The monoisotopic (exact) mass is 342 g/mol. The molecule has 1 rings (SSSR count). The number of piperidine rings is 1. The molecule has 0 spiro atoms. The number of rotatable bonds is 6. The van der Waals surface area contributed by atoms with Crippen LogP contribution in [0.3, 0.4) is 0 Å². The Balaban J connectivity index is 2.30. The fraction of sp³-hybridized carbons (Fsp3) is 0.812. The molecule has 0 bridgehead atoms. The summed E-state index contributed by atoms with van der Waals surface area (Å²) in [6, 6.07) is -0.366. The molecule has 1 fully saturated rings. The van der Waals surface area contributed by atoms with Crippen LogP contribution in [0, 0.1) is 5.92 Å². The van der Waals surface area contributed by atoms with Gasteiger partial charge < -0.3 is 21.1 Å². The zero-order valence-corrected chi connectivity index (χ0v) is 15.1. The van der Waals surface area contributed by atoms with Gasteiger partial charge in [-0.25, -0.2) is 4.79 Å². The summed E-state index contributed by atoms with van der Waals surface area (Å²) in [4.78, 5) is 36.9. The summed E-state index contributed by atoms with van der Waals surface area (Å²) in [5.74, 6) is -0.609. The molecular formula is C16H30N4O4. The van der Waals surface area contributed by atoms with E-state index in [-0.39, 0.29) is 23.8 Å². The molecule has 1 heterocycles. The molecule has 3 amide bonds. The van der Waals surface area contributed by atoms with Gasteiger partial charge in [0.25, 0.3) is 0 Å². The van der Waals surface area contributed by atoms with Crippen molar-refractivity contribution in [1.82, 2.24) is 15.5 Å². The molecule has 0 aromatic carbocycles. The number of alkyl carbamates (subject to hydrolysis) is 1. The Morgan fingerprint density at radius 2 is 1.88 bits per heavy atom. The number of primary amides is 1. The molecule has 1 aliphatic heterocycles. The number of hydrogen-bond donors (Lipinski definition) is 3. The van der Waals surface area contributed by atoms with Gasteiger partial charge in [0, 0.05) is 19.6 Å². The van der Waals surface area contributed by atoms with E-state index in [1.54, 1.807) is 27.7 Å². The van der Waals surface area contributed by atoms with Gasteiger partial charge in [0.15, 0.2) is 0 Å². The van der Waals surface area contributed by atoms with Gasteiger partial charge in [-0.1, -0.05) is 0 Å². The molecule has 138 valence electrons. The van der Waals surface area contributed by atoms with Crippen molar-refractivity contribution < 1.29 is 19.1 Å². The Hall–Kier alpha value is -1.83. The van der Waals surface area contributed by atoms with Crippen LogP contribution in [0.2, 0.25) is 0 Å². The van der Waals surface area contributed by atoms with Gasteiger partial charge >= 0.3 is 6.09 Å². The average Bonchev–Trinajstić information content (AvgIpc) is 2.48. The van der Waals surface area contributed by atoms with Crippen LogP contribution in [0.15, 0.2) is 0 Å². The van der Waals surface area contributed by atoms with E-state index in [0.717, 1.165) is 19.4 Å². The highest BCUT2D eigenvalue weighted by Crippen LogP contribution is 2.18. The maximum Gasteiger partial charge on any atom is 0.407 e. The van der Waals surface area contributed by atoms with Crippen molar-refractivity contribution >= 4 is 17.9 Å². The molecule has 0 aromatic heterocycles. The fourth-order valence-corrected chi connectivity index (χ4v) is 2.56. The van der Waals surface area contributed by atoms with Crippen molar-refractivity contribution in [1.29, 1.82) is 0 Å². The Labute approximate surface area is 143 Å². The molecule has 2 atom stereocenters. The van der Waals surface area contributed by atoms with Crippen molar-refractivity contribution in [3.05, 3.63) is 0 Å². The number of nitrogens with one attached hydrogen (secondary N) is 2. The Morgan fingerprint density at radius 1 is 1.25 bits per heavy atom. The maximum atomic E-state index is 12.2. The standard InChI is InChI=1S/C16H30N4O4/c1-11(13(17)21)20-9-5-6-12(10-20)14(22)18-7-8-19-15(23)24-16(2,3)4/h11-12H,5-10H2,1-4H3,(H2,17,21)(H,18,22)(H,19,23)/t11-,12-/m1/s1. The number of likely N-dealkylation sites (tertiary alicyclic amines) is 1. The summed E-state index contributed by atoms with van der Waals surface area (Å²) in [7, 11) is 0. The summed E-state index contributed by atoms with van der Waals surface area (Å²) in [6.07, 6.45) is 1.13. The lowest BCUT2D eigenvalue weighted by atomic mass is 9.96. The summed E-state index contributed by atoms with van der Waals surface area (Å²) >= 11 is 0. The lowest BCUT2D eigenvalue weighted by molar-refractivity contribution is -0.129. The summed E-state index contributed by atoms with van der Waals surface area (Å²) < 4.78 is 5.11. The van der Waals surface area contributed by atoms with E-state index in [9.17, 15) is 14.4 Å². The lowest BCUT2D eigenvalue weighted by Crippen LogP contribution is -2.50. The maximum absolute atomic E-state index is 12.2. The Bertz CT molecular complexity index is 461. The van der Waals surface area contributed by atoms with E-state index in [0.29, 0.717) is 19.6 Å². The number of nitrogens with two attached hydrogens (primary N) is 1. The smallest absolute Gasteiger partial charge is 0.407 e. The van der Waals surface area contributed by atoms with Crippen LogP contribution in [0.5, 0.6) is 0 Å². The van der Waals surface area contributed by atoms with Gasteiger partial charge in [-0.15, -0.1) is 0 Å². The first-order chi connectivity index (χ1) is 11.1. The van der Waals surface area contributed by atoms with Crippen LogP contribution in [0.1, 0.15) is 40.5 Å². The van der Waals surface area contributed by atoms with E-state index in [1.165, 1.54) is 0 Å². The third-order valence-electron chi connectivity index (χ3n) is 3.88. The minimum absolute atomic E-state index is 0.0673. The first kappa shape index (κ1) is 20.2. The number of carbonyl (C=O) groups is 3. The second-order valence-electron chi connectivity index (χ2n) is 7.13. The van der Waals surface area contributed by atoms with E-state index in [4.69, 9.17) is 10.5 Å². The van der Waals surface area contributed by atoms with Gasteiger partial charge in [0.05, 0.1) is 12.0 Å². The third kappa shape index (κ3) is 7.16. The van der Waals surface area contributed by atoms with Gasteiger partial charge in [-0.05, 0) is 47.1 Å². The van der Waals surface area contributed by atoms with Crippen LogP contribution in [-0.2, 0) is 14.3 Å². The van der Waals surface area contributed by atoms with Gasteiger partial charge in [0.1, 0.15) is 5.60 Å².